The first-order chi connectivity index (χ1) is 6.16. The van der Waals surface area contributed by atoms with Gasteiger partial charge in [-0.2, -0.15) is 13.2 Å². The van der Waals surface area contributed by atoms with Gasteiger partial charge in [-0.05, 0) is 5.92 Å². The maximum Gasteiger partial charge on any atom is 0.416 e. The van der Waals surface area contributed by atoms with E-state index in [1.807, 2.05) is 0 Å². The Morgan fingerprint density at radius 2 is 1.79 bits per heavy atom. The first-order valence-corrected chi connectivity index (χ1v) is 3.90. The third-order valence-corrected chi connectivity index (χ3v) is 1.68. The molecule has 0 saturated heterocycles. The molecule has 1 amide bonds. The van der Waals surface area contributed by atoms with Gasteiger partial charge in [0, 0.05) is 0 Å². The molecule has 0 saturated carbocycles. The number of nitrogens with one attached hydrogen (secondary N) is 1. The molecule has 0 rings (SSSR count). The smallest absolute Gasteiger partial charge is 0.416 e. The van der Waals surface area contributed by atoms with E-state index in [0.717, 1.165) is 0 Å². The Morgan fingerprint density at radius 3 is 2.00 bits per heavy atom. The highest BCUT2D eigenvalue weighted by Crippen LogP contribution is 2.25. The highest BCUT2D eigenvalue weighted by molar-refractivity contribution is 5.65. The Bertz CT molecular complexity index is 205. The topological polar surface area (TPSA) is 69.6 Å². The van der Waals surface area contributed by atoms with Crippen molar-refractivity contribution in [2.24, 2.45) is 5.92 Å². The van der Waals surface area contributed by atoms with Crippen molar-refractivity contribution in [2.75, 3.05) is 0 Å². The lowest BCUT2D eigenvalue weighted by atomic mass is 9.98. The Kier molecular flexibility index (Phi) is 4.18. The molecular weight excluding hydrogens is 203 g/mol. The number of halogens is 3. The van der Waals surface area contributed by atoms with Crippen LogP contribution in [0, 0.1) is 5.92 Å². The van der Waals surface area contributed by atoms with Gasteiger partial charge in [0.25, 0.3) is 0 Å². The minimum Gasteiger partial charge on any atom is -0.465 e. The first-order valence-electron chi connectivity index (χ1n) is 3.90. The van der Waals surface area contributed by atoms with E-state index in [4.69, 9.17) is 10.2 Å². The zero-order chi connectivity index (χ0) is 11.5. The van der Waals surface area contributed by atoms with Crippen molar-refractivity contribution >= 4 is 6.09 Å². The lowest BCUT2D eigenvalue weighted by molar-refractivity contribution is -0.214. The van der Waals surface area contributed by atoms with Crippen LogP contribution in [0.2, 0.25) is 0 Å². The molecule has 0 fully saturated rings. The van der Waals surface area contributed by atoms with Crippen LogP contribution in [-0.2, 0) is 0 Å². The van der Waals surface area contributed by atoms with Crippen molar-refractivity contribution in [3.05, 3.63) is 0 Å². The number of hydrogen-bond donors (Lipinski definition) is 3. The highest BCUT2D eigenvalue weighted by atomic mass is 19.4. The third kappa shape index (κ3) is 3.82. The van der Waals surface area contributed by atoms with Gasteiger partial charge in [0.15, 0.2) is 6.10 Å². The van der Waals surface area contributed by atoms with Crippen molar-refractivity contribution in [3.8, 4) is 0 Å². The number of rotatable bonds is 3. The Hall–Kier alpha value is -0.980. The maximum atomic E-state index is 12.0. The average molecular weight is 215 g/mol. The van der Waals surface area contributed by atoms with Crippen LogP contribution in [0.15, 0.2) is 0 Å². The second-order valence-corrected chi connectivity index (χ2v) is 3.21. The second-order valence-electron chi connectivity index (χ2n) is 3.21. The average Bonchev–Trinajstić information content (AvgIpc) is 1.96. The van der Waals surface area contributed by atoms with Gasteiger partial charge in [0.05, 0.1) is 6.04 Å². The van der Waals surface area contributed by atoms with E-state index in [2.05, 4.69) is 0 Å². The molecule has 0 aliphatic heterocycles. The van der Waals surface area contributed by atoms with Gasteiger partial charge in [-0.1, -0.05) is 13.8 Å². The maximum absolute atomic E-state index is 12.0. The molecule has 0 bridgehead atoms. The fraction of sp³-hybridized carbons (Fsp3) is 0.857. The molecule has 0 aliphatic rings. The van der Waals surface area contributed by atoms with Crippen LogP contribution < -0.4 is 5.32 Å². The minimum atomic E-state index is -4.82. The van der Waals surface area contributed by atoms with Crippen LogP contribution in [-0.4, -0.2) is 34.6 Å². The first kappa shape index (κ1) is 13.0. The summed E-state index contributed by atoms with van der Waals surface area (Å²) in [6, 6.07) is -1.55. The van der Waals surface area contributed by atoms with Gasteiger partial charge >= 0.3 is 12.3 Å². The van der Waals surface area contributed by atoms with E-state index in [9.17, 15) is 18.0 Å². The quantitative estimate of drug-likeness (QED) is 0.662. The second kappa shape index (κ2) is 4.50. The minimum absolute atomic E-state index is 0.650. The molecule has 0 aromatic heterocycles. The zero-order valence-electron chi connectivity index (χ0n) is 7.67. The molecule has 0 aromatic carbocycles. The molecule has 0 spiro atoms. The van der Waals surface area contributed by atoms with Crippen molar-refractivity contribution in [1.29, 1.82) is 0 Å². The summed E-state index contributed by atoms with van der Waals surface area (Å²) in [4.78, 5) is 10.2. The summed E-state index contributed by atoms with van der Waals surface area (Å²) in [5, 5.41) is 18.7. The molecule has 0 aromatic rings. The predicted octanol–water partition coefficient (Wildman–Crippen LogP) is 1.20. The van der Waals surface area contributed by atoms with Crippen LogP contribution in [0.25, 0.3) is 0 Å². The van der Waals surface area contributed by atoms with Crippen molar-refractivity contribution in [2.45, 2.75) is 32.2 Å². The summed E-state index contributed by atoms with van der Waals surface area (Å²) in [6.45, 7) is 2.77. The van der Waals surface area contributed by atoms with Crippen molar-refractivity contribution < 1.29 is 28.2 Å². The number of aliphatic hydroxyl groups excluding tert-OH is 1. The van der Waals surface area contributed by atoms with E-state index < -0.39 is 30.3 Å². The number of alkyl halides is 3. The predicted molar refractivity (Wildman–Crippen MR) is 41.8 cm³/mol. The summed E-state index contributed by atoms with van der Waals surface area (Å²) in [7, 11) is 0. The molecule has 7 heteroatoms. The third-order valence-electron chi connectivity index (χ3n) is 1.68. The largest absolute Gasteiger partial charge is 0.465 e. The van der Waals surface area contributed by atoms with Gasteiger partial charge in [-0.25, -0.2) is 4.79 Å². The van der Waals surface area contributed by atoms with Crippen LogP contribution in [0.5, 0.6) is 0 Å². The van der Waals surface area contributed by atoms with Crippen molar-refractivity contribution in [1.82, 2.24) is 5.32 Å². The molecule has 4 nitrogen and oxygen atoms in total. The van der Waals surface area contributed by atoms with E-state index in [0.29, 0.717) is 0 Å². The fourth-order valence-electron chi connectivity index (χ4n) is 0.956. The number of amides is 1. The zero-order valence-corrected chi connectivity index (χ0v) is 7.67. The van der Waals surface area contributed by atoms with Gasteiger partial charge in [0.1, 0.15) is 0 Å². The van der Waals surface area contributed by atoms with E-state index in [1.54, 1.807) is 5.32 Å². The highest BCUT2D eigenvalue weighted by Gasteiger charge is 2.45. The van der Waals surface area contributed by atoms with Crippen molar-refractivity contribution in [3.63, 3.8) is 0 Å². The molecule has 0 unspecified atom stereocenters. The Balaban J connectivity index is 4.57. The molecule has 0 radical (unpaired) electrons. The number of carbonyl (C=O) groups is 1. The van der Waals surface area contributed by atoms with Crippen LogP contribution in [0.1, 0.15) is 13.8 Å². The Labute approximate surface area is 78.7 Å². The monoisotopic (exact) mass is 215 g/mol. The molecule has 0 aliphatic carbocycles. The lowest BCUT2D eigenvalue weighted by Gasteiger charge is -2.27. The number of hydrogen-bond acceptors (Lipinski definition) is 2. The van der Waals surface area contributed by atoms with Crippen LogP contribution in [0.4, 0.5) is 18.0 Å². The molecule has 3 N–H and O–H groups in total. The van der Waals surface area contributed by atoms with Gasteiger partial charge in [-0.3, -0.25) is 0 Å². The van der Waals surface area contributed by atoms with Gasteiger partial charge in [-0.15, -0.1) is 0 Å². The van der Waals surface area contributed by atoms with E-state index >= 15 is 0 Å². The normalized spacial score (nSPS) is 16.5. The summed E-state index contributed by atoms with van der Waals surface area (Å²) < 4.78 is 36.1. The summed E-state index contributed by atoms with van der Waals surface area (Å²) in [5.41, 5.74) is 0. The van der Waals surface area contributed by atoms with E-state index in [1.165, 1.54) is 13.8 Å². The SMILES string of the molecule is CC(C)[C@H](NC(=O)O)[C@H](O)C(F)(F)F. The van der Waals surface area contributed by atoms with Crippen LogP contribution >= 0.6 is 0 Å². The number of aliphatic hydroxyl groups is 1. The molecule has 84 valence electrons. The molecule has 0 heterocycles. The summed E-state index contributed by atoms with van der Waals surface area (Å²) in [6.07, 6.45) is -9.09. The van der Waals surface area contributed by atoms with Gasteiger partial charge < -0.3 is 15.5 Å². The van der Waals surface area contributed by atoms with E-state index in [-0.39, 0.29) is 0 Å². The van der Waals surface area contributed by atoms with Gasteiger partial charge in [0.2, 0.25) is 0 Å². The lowest BCUT2D eigenvalue weighted by Crippen LogP contribution is -2.52. The molecule has 2 atom stereocenters. The molecule has 14 heavy (non-hydrogen) atoms. The number of carboxylic acid groups (broad SMARTS) is 1. The Morgan fingerprint density at radius 1 is 1.36 bits per heavy atom. The summed E-state index contributed by atoms with van der Waals surface area (Å²) >= 11 is 0. The van der Waals surface area contributed by atoms with Crippen LogP contribution in [0.3, 0.4) is 0 Å². The molecular formula is C7H12F3NO3. The summed E-state index contributed by atoms with van der Waals surface area (Å²) in [5.74, 6) is -0.650. The standard InChI is InChI=1S/C7H12F3NO3/c1-3(2)4(11-6(13)14)5(12)7(8,9)10/h3-5,11-12H,1-2H3,(H,13,14)/t4-,5-/m0/s1. The fourth-order valence-corrected chi connectivity index (χ4v) is 0.956.